The van der Waals surface area contributed by atoms with Crippen LogP contribution in [0.5, 0.6) is 57.5 Å². The summed E-state index contributed by atoms with van der Waals surface area (Å²) < 4.78 is 66.7. The molecule has 0 unspecified atom stereocenters. The molecule has 0 aliphatic carbocycles. The van der Waals surface area contributed by atoms with Gasteiger partial charge in [0, 0.05) is 45.9 Å². The lowest BCUT2D eigenvalue weighted by Crippen LogP contribution is -2.04. The molecule has 5 aromatic heterocycles. The van der Waals surface area contributed by atoms with E-state index < -0.39 is 16.7 Å². The predicted octanol–water partition coefficient (Wildman–Crippen LogP) is 21.4. The van der Waals surface area contributed by atoms with Crippen LogP contribution in [0.15, 0.2) is 237 Å². The summed E-state index contributed by atoms with van der Waals surface area (Å²) in [6.45, 7) is 4.65. The second-order valence-electron chi connectivity index (χ2n) is 29.3. The predicted molar refractivity (Wildman–Crippen MR) is 523 cm³/mol. The number of phenols is 5. The second-order valence-corrected chi connectivity index (χ2v) is 32.7. The molecular weight excluding hydrogens is 1860 g/mol. The Kier molecular flexibility index (Phi) is 28.1. The minimum Gasteiger partial charge on any atom is -0.506 e. The van der Waals surface area contributed by atoms with E-state index in [1.54, 1.807) is 97.1 Å². The second kappa shape index (κ2) is 40.4. The van der Waals surface area contributed by atoms with E-state index in [-0.39, 0.29) is 45.6 Å². The minimum absolute atomic E-state index is 0.00123. The molecule has 0 fully saturated rings. The Hall–Kier alpha value is -13.6. The highest BCUT2D eigenvalue weighted by Crippen LogP contribution is 2.39. The van der Waals surface area contributed by atoms with Gasteiger partial charge in [-0.05, 0) is 254 Å². The van der Waals surface area contributed by atoms with Crippen molar-refractivity contribution < 1.29 is 67.3 Å². The highest BCUT2D eigenvalue weighted by Gasteiger charge is 2.31. The molecule has 0 spiro atoms. The van der Waals surface area contributed by atoms with E-state index >= 15 is 0 Å². The van der Waals surface area contributed by atoms with Gasteiger partial charge in [-0.15, -0.1) is 75.0 Å². The molecular formula is C93H74Cl3F3N16O12S5. The maximum atomic E-state index is 12.9. The Morgan fingerprint density at radius 3 is 0.879 bits per heavy atom. The van der Waals surface area contributed by atoms with Gasteiger partial charge in [0.05, 0.1) is 53.6 Å². The van der Waals surface area contributed by atoms with Crippen LogP contribution in [0.3, 0.4) is 0 Å². The van der Waals surface area contributed by atoms with E-state index in [1.807, 2.05) is 103 Å². The summed E-state index contributed by atoms with van der Waals surface area (Å²) in [5.41, 5.74) is 7.83. The first kappa shape index (κ1) is 91.7. The van der Waals surface area contributed by atoms with Crippen LogP contribution in [-0.2, 0) is 12.6 Å². The lowest BCUT2D eigenvalue weighted by molar-refractivity contribution is -0.384. The summed E-state index contributed by atoms with van der Waals surface area (Å²) >= 11 is 38.7. The number of aromatic hydroxyl groups is 5. The molecule has 39 heteroatoms. The van der Waals surface area contributed by atoms with Gasteiger partial charge in [-0.3, -0.25) is 10.1 Å². The van der Waals surface area contributed by atoms with Crippen molar-refractivity contribution in [3.63, 3.8) is 0 Å². The number of non-ortho nitro benzene ring substituents is 1. The molecule has 670 valence electrons. The van der Waals surface area contributed by atoms with Gasteiger partial charge >= 0.3 is 6.18 Å². The lowest BCUT2D eigenvalue weighted by Gasteiger charge is -2.08. The van der Waals surface area contributed by atoms with Crippen LogP contribution in [0.2, 0.25) is 15.1 Å². The van der Waals surface area contributed by atoms with Gasteiger partial charge in [-0.25, -0.2) is 0 Å². The van der Waals surface area contributed by atoms with Gasteiger partial charge < -0.3 is 49.2 Å². The fourth-order valence-corrected chi connectivity index (χ4v) is 14.9. The number of aryl methyl sites for hydroxylation is 1. The van der Waals surface area contributed by atoms with Crippen LogP contribution in [0.4, 0.5) is 18.9 Å². The Balaban J connectivity index is 0.000000120. The van der Waals surface area contributed by atoms with Gasteiger partial charge in [0.25, 0.3) is 5.69 Å². The first-order chi connectivity index (χ1) is 63.7. The topological polar surface area (TPSA) is 344 Å². The van der Waals surface area contributed by atoms with Crippen LogP contribution in [0, 0.1) is 10.1 Å². The van der Waals surface area contributed by atoms with Gasteiger partial charge in [0.1, 0.15) is 141 Å². The summed E-state index contributed by atoms with van der Waals surface area (Å²) in [4.78, 5) is 17.1. The molecule has 0 amide bonds. The molecule has 0 saturated heterocycles. The van der Waals surface area contributed by atoms with E-state index in [2.05, 4.69) is 121 Å². The zero-order chi connectivity index (χ0) is 92.6. The van der Waals surface area contributed by atoms with E-state index in [0.717, 1.165) is 105 Å². The van der Waals surface area contributed by atoms with Gasteiger partial charge in [-0.2, -0.15) is 76.3 Å². The Labute approximate surface area is 789 Å². The average Bonchev–Trinajstić information content (AvgIpc) is 1.63. The zero-order valence-corrected chi connectivity index (χ0v) is 75.8. The maximum absolute atomic E-state index is 12.9. The Morgan fingerprint density at radius 1 is 0.318 bits per heavy atom. The molecule has 0 radical (unpaired) electrons. The summed E-state index contributed by atoms with van der Waals surface area (Å²) in [6, 6.07) is 67.1. The molecule has 28 nitrogen and oxygen atoms in total. The molecule has 0 saturated carbocycles. The number of thiol groups is 5. The van der Waals surface area contributed by atoms with Crippen molar-refractivity contribution in [2.75, 3.05) is 61.8 Å². The van der Waals surface area contributed by atoms with Crippen molar-refractivity contribution >= 4 is 213 Å². The van der Waals surface area contributed by atoms with Crippen molar-refractivity contribution in [1.29, 1.82) is 0 Å². The third kappa shape index (κ3) is 21.0. The van der Waals surface area contributed by atoms with Crippen molar-refractivity contribution in [3.8, 4) is 85.9 Å². The molecule has 20 rings (SSSR count). The van der Waals surface area contributed by atoms with Crippen LogP contribution in [0.25, 0.3) is 137 Å². The fourth-order valence-electron chi connectivity index (χ4n) is 14.0. The van der Waals surface area contributed by atoms with Crippen molar-refractivity contribution in [1.82, 2.24) is 75.0 Å². The number of rotatable bonds is 22. The molecule has 20 aromatic rings. The summed E-state index contributed by atoms with van der Waals surface area (Å²) in [6.07, 6.45) is -3.52. The zero-order valence-electron chi connectivity index (χ0n) is 69.0. The average molecular weight is 1930 g/mol. The number of hydrogen-bond acceptors (Lipinski definition) is 27. The molecule has 0 bridgehead atoms. The molecule has 0 atom stereocenters. The monoisotopic (exact) mass is 1930 g/mol. The van der Waals surface area contributed by atoms with Crippen molar-refractivity contribution in [3.05, 3.63) is 273 Å². The summed E-state index contributed by atoms with van der Waals surface area (Å²) in [7, 11) is 0. The maximum Gasteiger partial charge on any atom is 0.416 e. The first-order valence-electron chi connectivity index (χ1n) is 40.4. The molecule has 0 aliphatic heterocycles. The van der Waals surface area contributed by atoms with E-state index in [0.29, 0.717) is 150 Å². The highest BCUT2D eigenvalue weighted by molar-refractivity contribution is 7.80. The summed E-state index contributed by atoms with van der Waals surface area (Å²) in [5.74, 6) is 6.93. The number of nitrogens with zero attached hydrogens (tertiary/aromatic N) is 16. The smallest absolute Gasteiger partial charge is 0.416 e. The van der Waals surface area contributed by atoms with E-state index in [1.165, 1.54) is 49.0 Å². The van der Waals surface area contributed by atoms with E-state index in [9.17, 15) is 48.8 Å². The number of nitro groups is 1. The third-order valence-corrected chi connectivity index (χ3v) is 22.2. The quantitative estimate of drug-likeness (QED) is 0.0171. The molecule has 5 heterocycles. The van der Waals surface area contributed by atoms with Crippen LogP contribution in [-0.4, -0.2) is 167 Å². The van der Waals surface area contributed by atoms with Gasteiger partial charge in [0.15, 0.2) is 0 Å². The SMILES string of the molecule is CCc1ccc2nn(-c3cc4cc(OCCS)ccc4cc3O)nc2c1.O=[N+]([O-])c1ccc2nn(-c3cc4cc(OCCS)ccc4cc3O)nc2c1.Oc1cc2ccc(OCCS)cc2cc1-n1nc2cc(Cl)c(Cl)cc2n1.Oc1cc2ccc(OCCS)cc2cc1-n1nc2ccc(C(F)(F)F)cc2n1.Oc1cc2ccc(OCCS)cc2cc1-n1nc2ccc(Cl)cc2n1. The number of benzene rings is 15. The van der Waals surface area contributed by atoms with Crippen LogP contribution < -0.4 is 23.7 Å². The van der Waals surface area contributed by atoms with E-state index in [4.69, 9.17) is 58.5 Å². The van der Waals surface area contributed by atoms with Crippen LogP contribution in [0.1, 0.15) is 18.1 Å². The molecule has 15 aromatic carbocycles. The minimum atomic E-state index is -4.47. The normalized spacial score (nSPS) is 11.4. The van der Waals surface area contributed by atoms with Crippen molar-refractivity contribution in [2.24, 2.45) is 0 Å². The van der Waals surface area contributed by atoms with Gasteiger partial charge in [0.2, 0.25) is 0 Å². The molecule has 0 aliphatic rings. The molecule has 5 N–H and O–H groups in total. The first-order valence-corrected chi connectivity index (χ1v) is 44.7. The number of aromatic nitrogens is 15. The fraction of sp³-hybridized carbons (Fsp3) is 0.140. The highest BCUT2D eigenvalue weighted by atomic mass is 35.5. The Morgan fingerprint density at radius 2 is 0.583 bits per heavy atom. The largest absolute Gasteiger partial charge is 0.506 e. The lowest BCUT2D eigenvalue weighted by atomic mass is 10.1. The van der Waals surface area contributed by atoms with Crippen LogP contribution >= 0.6 is 97.9 Å². The number of ether oxygens (including phenoxy) is 5. The number of phenolic OH excluding ortho intramolecular Hbond substituents is 5. The standard InChI is InChI=1S/C20H19N3O2S.C19H14F3N3O2S.C18H13Cl2N3O2S.C18H14ClN3O2S.C18H14N4O4S/c1-2-13-3-6-17-18(9-13)22-23(21-17)19-11-15-10-16(25-7-8-26)5-4-14(15)12-20(19)24;20-19(21,22)13-2-4-15-16(10-13)24-25(23-15)17-8-12-7-14(27-5-6-28)3-1-11(12)9-18(17)26;19-13-8-15-16(9-14(13)20)22-23(21-15)17-6-11-5-12(25-3-4-26)2-1-10(11)7-18(17)24;19-13-2-4-15-16(10-13)21-22(20-15)17-8-12-7-14(24-5-6-25)3-1-11(12)9-18(17)23;23-18-9-11-1-3-14(26-5-6-27)7-12(11)8-17(18)21-19-15-4-2-13(22(24)25)10-16(15)20-21/h3-6,9-12,24,26H,2,7-8H2,1H3;1-4,7-10,26,28H,5-6H2;1-2,5-9,24,26H,3-4H2;1-4,7-10,23,25H,5-6H2;1-4,7-10,23,27H,5-6H2. The van der Waals surface area contributed by atoms with Gasteiger partial charge in [-0.1, -0.05) is 78.1 Å². The number of halogens is 6. The molecule has 132 heavy (non-hydrogen) atoms. The number of hydrogen-bond donors (Lipinski definition) is 10. The Bertz CT molecular complexity index is 7710. The number of alkyl halides is 3. The van der Waals surface area contributed by atoms with Crippen molar-refractivity contribution in [2.45, 2.75) is 19.5 Å². The summed E-state index contributed by atoms with van der Waals surface area (Å²) in [5, 5.41) is 116. The third-order valence-electron chi connectivity index (χ3n) is 20.3. The number of nitro benzene ring substituents is 1. The number of fused-ring (bicyclic) bond motifs is 10.